The Bertz CT molecular complexity index is 829. The van der Waals surface area contributed by atoms with Crippen molar-refractivity contribution in [1.29, 1.82) is 0 Å². The van der Waals surface area contributed by atoms with Gasteiger partial charge >= 0.3 is 0 Å². The number of rotatable bonds is 4. The summed E-state index contributed by atoms with van der Waals surface area (Å²) < 4.78 is 19.7. The van der Waals surface area contributed by atoms with E-state index in [1.807, 2.05) is 37.1 Å². The lowest BCUT2D eigenvalue weighted by molar-refractivity contribution is 0.531. The fourth-order valence-corrected chi connectivity index (χ4v) is 2.43. The van der Waals surface area contributed by atoms with Gasteiger partial charge in [-0.25, -0.2) is 4.39 Å². The molecule has 0 aliphatic heterocycles. The molecule has 5 heteroatoms. The third kappa shape index (κ3) is 3.39. The first-order valence-corrected chi connectivity index (χ1v) is 7.39. The monoisotopic (exact) mass is 311 g/mol. The van der Waals surface area contributed by atoms with E-state index in [1.165, 1.54) is 11.6 Å². The zero-order valence-corrected chi connectivity index (χ0v) is 13.4. The van der Waals surface area contributed by atoms with Crippen molar-refractivity contribution in [3.63, 3.8) is 0 Å². The van der Waals surface area contributed by atoms with Crippen LogP contribution < -0.4 is 4.90 Å². The van der Waals surface area contributed by atoms with E-state index in [2.05, 4.69) is 16.3 Å². The van der Waals surface area contributed by atoms with E-state index in [9.17, 15) is 4.39 Å². The molecule has 0 N–H and O–H groups in total. The van der Waals surface area contributed by atoms with Crippen LogP contribution in [0.15, 0.2) is 46.9 Å². The van der Waals surface area contributed by atoms with Crippen molar-refractivity contribution >= 4 is 5.69 Å². The molecule has 23 heavy (non-hydrogen) atoms. The quantitative estimate of drug-likeness (QED) is 0.726. The molecule has 3 rings (SSSR count). The standard InChI is InChI=1S/C18H18FN3O/c1-12-5-4-6-16(9-12)22(3)11-15-8-7-14(10-17(15)19)18-21-20-13(2)23-18/h4-10H,11H2,1-3H3. The van der Waals surface area contributed by atoms with Gasteiger partial charge in [0, 0.05) is 37.3 Å². The first-order chi connectivity index (χ1) is 11.0. The largest absolute Gasteiger partial charge is 0.421 e. The molecular weight excluding hydrogens is 293 g/mol. The van der Waals surface area contributed by atoms with E-state index >= 15 is 0 Å². The second kappa shape index (κ2) is 6.20. The lowest BCUT2D eigenvalue weighted by Gasteiger charge is -2.20. The Morgan fingerprint density at radius 1 is 1.09 bits per heavy atom. The van der Waals surface area contributed by atoms with Gasteiger partial charge in [-0.1, -0.05) is 18.2 Å². The molecule has 0 saturated carbocycles. The van der Waals surface area contributed by atoms with E-state index in [0.717, 1.165) is 5.69 Å². The number of nitrogens with zero attached hydrogens (tertiary/aromatic N) is 3. The molecule has 0 bridgehead atoms. The maximum atomic E-state index is 14.4. The van der Waals surface area contributed by atoms with Gasteiger partial charge in [0.05, 0.1) is 0 Å². The Balaban J connectivity index is 1.81. The topological polar surface area (TPSA) is 42.2 Å². The van der Waals surface area contributed by atoms with Crippen LogP contribution in [0.2, 0.25) is 0 Å². The van der Waals surface area contributed by atoms with Gasteiger partial charge in [0.1, 0.15) is 5.82 Å². The van der Waals surface area contributed by atoms with Crippen LogP contribution in [0.1, 0.15) is 17.0 Å². The van der Waals surface area contributed by atoms with Gasteiger partial charge in [-0.2, -0.15) is 0 Å². The molecule has 0 spiro atoms. The first kappa shape index (κ1) is 15.2. The van der Waals surface area contributed by atoms with Gasteiger partial charge in [0.15, 0.2) is 0 Å². The van der Waals surface area contributed by atoms with Crippen LogP contribution in [-0.4, -0.2) is 17.2 Å². The Kier molecular flexibility index (Phi) is 4.10. The van der Waals surface area contributed by atoms with Gasteiger partial charge in [-0.05, 0) is 36.8 Å². The zero-order chi connectivity index (χ0) is 16.4. The number of aromatic nitrogens is 2. The third-order valence-electron chi connectivity index (χ3n) is 3.68. The Hall–Kier alpha value is -2.69. The molecule has 2 aromatic carbocycles. The summed E-state index contributed by atoms with van der Waals surface area (Å²) >= 11 is 0. The van der Waals surface area contributed by atoms with E-state index in [0.29, 0.717) is 29.5 Å². The normalized spacial score (nSPS) is 10.8. The number of benzene rings is 2. The van der Waals surface area contributed by atoms with Gasteiger partial charge in [-0.3, -0.25) is 0 Å². The molecule has 1 heterocycles. The second-order valence-electron chi connectivity index (χ2n) is 5.63. The molecule has 0 atom stereocenters. The lowest BCUT2D eigenvalue weighted by Crippen LogP contribution is -2.17. The maximum absolute atomic E-state index is 14.4. The fourth-order valence-electron chi connectivity index (χ4n) is 2.43. The molecular formula is C18H18FN3O. The SMILES string of the molecule is Cc1cccc(N(C)Cc2ccc(-c3nnc(C)o3)cc2F)c1. The molecule has 0 radical (unpaired) electrons. The van der Waals surface area contributed by atoms with Crippen molar-refractivity contribution in [3.05, 3.63) is 65.3 Å². The molecule has 0 aliphatic rings. The fraction of sp³-hybridized carbons (Fsp3) is 0.222. The molecule has 0 unspecified atom stereocenters. The summed E-state index contributed by atoms with van der Waals surface area (Å²) in [6.07, 6.45) is 0. The van der Waals surface area contributed by atoms with Crippen LogP contribution in [0.3, 0.4) is 0 Å². The number of halogens is 1. The smallest absolute Gasteiger partial charge is 0.247 e. The molecule has 1 aromatic heterocycles. The molecule has 0 aliphatic carbocycles. The van der Waals surface area contributed by atoms with Crippen LogP contribution in [0, 0.1) is 19.7 Å². The first-order valence-electron chi connectivity index (χ1n) is 7.39. The minimum absolute atomic E-state index is 0.280. The predicted octanol–water partition coefficient (Wildman–Crippen LogP) is 4.13. The van der Waals surface area contributed by atoms with Crippen molar-refractivity contribution in [3.8, 4) is 11.5 Å². The van der Waals surface area contributed by atoms with Crippen molar-refractivity contribution in [2.45, 2.75) is 20.4 Å². The Morgan fingerprint density at radius 2 is 1.91 bits per heavy atom. The number of anilines is 1. The van der Waals surface area contributed by atoms with Gasteiger partial charge in [0.25, 0.3) is 0 Å². The molecule has 0 saturated heterocycles. The summed E-state index contributed by atoms with van der Waals surface area (Å²) in [5, 5.41) is 7.68. The van der Waals surface area contributed by atoms with Crippen molar-refractivity contribution in [2.24, 2.45) is 0 Å². The highest BCUT2D eigenvalue weighted by Crippen LogP contribution is 2.23. The van der Waals surface area contributed by atoms with Crippen LogP contribution in [0.5, 0.6) is 0 Å². The van der Waals surface area contributed by atoms with Crippen LogP contribution in [0.4, 0.5) is 10.1 Å². The van der Waals surface area contributed by atoms with Crippen molar-refractivity contribution < 1.29 is 8.81 Å². The molecule has 0 fully saturated rings. The Morgan fingerprint density at radius 3 is 2.57 bits per heavy atom. The van der Waals surface area contributed by atoms with Crippen LogP contribution in [0.25, 0.3) is 11.5 Å². The van der Waals surface area contributed by atoms with Gasteiger partial charge < -0.3 is 9.32 Å². The zero-order valence-electron chi connectivity index (χ0n) is 13.4. The van der Waals surface area contributed by atoms with Crippen LogP contribution in [-0.2, 0) is 6.54 Å². The average molecular weight is 311 g/mol. The number of hydrogen-bond acceptors (Lipinski definition) is 4. The van der Waals surface area contributed by atoms with E-state index in [-0.39, 0.29) is 5.82 Å². The minimum atomic E-state index is -0.280. The number of aryl methyl sites for hydroxylation is 2. The highest BCUT2D eigenvalue weighted by molar-refractivity contribution is 5.54. The molecule has 0 amide bonds. The molecule has 3 aromatic rings. The third-order valence-corrected chi connectivity index (χ3v) is 3.68. The van der Waals surface area contributed by atoms with Crippen LogP contribution >= 0.6 is 0 Å². The van der Waals surface area contributed by atoms with Crippen molar-refractivity contribution in [2.75, 3.05) is 11.9 Å². The second-order valence-corrected chi connectivity index (χ2v) is 5.63. The highest BCUT2D eigenvalue weighted by atomic mass is 19.1. The predicted molar refractivity (Wildman–Crippen MR) is 87.7 cm³/mol. The minimum Gasteiger partial charge on any atom is -0.421 e. The summed E-state index contributed by atoms with van der Waals surface area (Å²) in [5.74, 6) is 0.515. The molecule has 4 nitrogen and oxygen atoms in total. The summed E-state index contributed by atoms with van der Waals surface area (Å²) in [4.78, 5) is 2.02. The average Bonchev–Trinajstić information content (AvgIpc) is 2.96. The van der Waals surface area contributed by atoms with Crippen molar-refractivity contribution in [1.82, 2.24) is 10.2 Å². The van der Waals surface area contributed by atoms with E-state index in [1.54, 1.807) is 19.1 Å². The summed E-state index contributed by atoms with van der Waals surface area (Å²) in [5.41, 5.74) is 3.44. The summed E-state index contributed by atoms with van der Waals surface area (Å²) in [6, 6.07) is 13.1. The summed E-state index contributed by atoms with van der Waals surface area (Å²) in [7, 11) is 1.95. The summed E-state index contributed by atoms with van der Waals surface area (Å²) in [6.45, 7) is 4.23. The van der Waals surface area contributed by atoms with Gasteiger partial charge in [0.2, 0.25) is 11.8 Å². The van der Waals surface area contributed by atoms with Gasteiger partial charge in [-0.15, -0.1) is 10.2 Å². The Labute approximate surface area is 134 Å². The van der Waals surface area contributed by atoms with E-state index in [4.69, 9.17) is 4.42 Å². The van der Waals surface area contributed by atoms with E-state index < -0.39 is 0 Å². The molecule has 118 valence electrons. The maximum Gasteiger partial charge on any atom is 0.247 e. The number of hydrogen-bond donors (Lipinski definition) is 0. The lowest BCUT2D eigenvalue weighted by atomic mass is 10.1. The highest BCUT2D eigenvalue weighted by Gasteiger charge is 2.11.